The molecule has 1 aliphatic carbocycles. The molecule has 27 heavy (non-hydrogen) atoms. The lowest BCUT2D eigenvalue weighted by molar-refractivity contribution is -0.119. The van der Waals surface area contributed by atoms with Crippen LogP contribution in [-0.4, -0.2) is 11.7 Å². The highest BCUT2D eigenvalue weighted by Gasteiger charge is 2.22. The Balaban J connectivity index is 1.45. The summed E-state index contributed by atoms with van der Waals surface area (Å²) in [4.78, 5) is 12.2. The van der Waals surface area contributed by atoms with Gasteiger partial charge in [-0.05, 0) is 42.7 Å². The van der Waals surface area contributed by atoms with Crippen molar-refractivity contribution in [2.45, 2.75) is 50.3 Å². The molecule has 0 unspecified atom stereocenters. The second-order valence-electron chi connectivity index (χ2n) is 6.71. The van der Waals surface area contributed by atoms with Crippen LogP contribution < -0.4 is 10.6 Å². The Hall–Kier alpha value is -1.86. The van der Waals surface area contributed by atoms with Crippen LogP contribution >= 0.6 is 11.8 Å². The topological polar surface area (TPSA) is 54.3 Å². The first-order chi connectivity index (χ1) is 13.1. The highest BCUT2D eigenvalue weighted by atomic mass is 32.2. The van der Waals surface area contributed by atoms with E-state index < -0.39 is 5.76 Å². The maximum Gasteiger partial charge on any atom is 0.284 e. The molecule has 146 valence electrons. The van der Waals surface area contributed by atoms with Crippen molar-refractivity contribution in [2.24, 2.45) is 5.92 Å². The molecule has 4 nitrogen and oxygen atoms in total. The Morgan fingerprint density at radius 2 is 1.93 bits per heavy atom. The van der Waals surface area contributed by atoms with Crippen LogP contribution in [0.25, 0.3) is 0 Å². The second-order valence-corrected chi connectivity index (χ2v) is 7.69. The lowest BCUT2D eigenvalue weighted by atomic mass is 10.1. The minimum Gasteiger partial charge on any atom is -0.464 e. The smallest absolute Gasteiger partial charge is 0.284 e. The van der Waals surface area contributed by atoms with Crippen molar-refractivity contribution >= 4 is 23.4 Å². The Morgan fingerprint density at radius 3 is 2.70 bits per heavy atom. The fourth-order valence-corrected chi connectivity index (χ4v) is 3.71. The van der Waals surface area contributed by atoms with Gasteiger partial charge in [-0.3, -0.25) is 4.79 Å². The molecule has 1 fully saturated rings. The van der Waals surface area contributed by atoms with Gasteiger partial charge in [-0.15, -0.1) is 0 Å². The Morgan fingerprint density at radius 1 is 1.15 bits per heavy atom. The van der Waals surface area contributed by atoms with Crippen LogP contribution in [-0.2, 0) is 23.6 Å². The molecule has 0 radical (unpaired) electrons. The van der Waals surface area contributed by atoms with E-state index in [0.717, 1.165) is 36.9 Å². The van der Waals surface area contributed by atoms with Gasteiger partial charge in [0.2, 0.25) is 5.91 Å². The number of rotatable bonds is 9. The monoisotopic (exact) mass is 394 g/mol. The molecule has 1 aliphatic rings. The highest BCUT2D eigenvalue weighted by Crippen LogP contribution is 2.26. The van der Waals surface area contributed by atoms with E-state index in [0.29, 0.717) is 36.4 Å². The molecule has 0 bridgehead atoms. The number of hydrogen-bond acceptors (Lipinski definition) is 4. The van der Waals surface area contributed by atoms with Crippen LogP contribution in [0.4, 0.5) is 14.5 Å². The maximum absolute atomic E-state index is 12.2. The molecule has 1 aromatic carbocycles. The Kier molecular flexibility index (Phi) is 7.29. The van der Waals surface area contributed by atoms with Crippen molar-refractivity contribution in [3.8, 4) is 0 Å². The van der Waals surface area contributed by atoms with Crippen LogP contribution in [0.5, 0.6) is 0 Å². The van der Waals surface area contributed by atoms with Gasteiger partial charge in [0.1, 0.15) is 11.5 Å². The summed E-state index contributed by atoms with van der Waals surface area (Å²) in [6.07, 6.45) is 4.23. The fraction of sp³-hybridized carbons (Fsp3) is 0.450. The molecule has 0 atom stereocenters. The summed E-state index contributed by atoms with van der Waals surface area (Å²) in [6.45, 7) is 1.13. The molecular formula is C20H24F2N2O2S. The number of benzene rings is 1. The predicted octanol–water partition coefficient (Wildman–Crippen LogP) is 5.15. The van der Waals surface area contributed by atoms with Crippen molar-refractivity contribution < 1.29 is 18.0 Å². The van der Waals surface area contributed by atoms with Gasteiger partial charge in [0.15, 0.2) is 0 Å². The molecule has 7 heteroatoms. The zero-order chi connectivity index (χ0) is 19.1. The number of halogens is 2. The second kappa shape index (κ2) is 9.90. The number of thioether (sulfide) groups is 1. The van der Waals surface area contributed by atoms with Gasteiger partial charge in [-0.25, -0.2) is 0 Å². The van der Waals surface area contributed by atoms with Crippen molar-refractivity contribution in [1.82, 2.24) is 5.32 Å². The van der Waals surface area contributed by atoms with Gasteiger partial charge in [-0.1, -0.05) is 36.7 Å². The first-order valence-corrected chi connectivity index (χ1v) is 10.2. The van der Waals surface area contributed by atoms with Gasteiger partial charge in [-0.2, -0.15) is 8.78 Å². The van der Waals surface area contributed by atoms with E-state index in [2.05, 4.69) is 10.6 Å². The summed E-state index contributed by atoms with van der Waals surface area (Å²) in [5.74, 6) is -0.705. The van der Waals surface area contributed by atoms with Gasteiger partial charge in [0.25, 0.3) is 5.76 Å². The fourth-order valence-electron chi connectivity index (χ4n) is 3.26. The van der Waals surface area contributed by atoms with Crippen molar-refractivity contribution in [2.75, 3.05) is 5.32 Å². The standard InChI is InChI=1S/C20H24F2N2O2S/c21-20(22)27-13-18-9-8-17(26-18)12-23-11-14-4-3-7-16(10-14)24-19(25)15-5-1-2-6-15/h3-4,7-10,15,20,23H,1-2,5-6,11-13H2,(H,24,25). The molecule has 0 spiro atoms. The molecule has 1 saturated carbocycles. The van der Waals surface area contributed by atoms with Crippen LogP contribution in [0.3, 0.4) is 0 Å². The van der Waals surface area contributed by atoms with E-state index >= 15 is 0 Å². The number of carbonyl (C=O) groups is 1. The van der Waals surface area contributed by atoms with Gasteiger partial charge in [0.05, 0.1) is 12.3 Å². The lowest BCUT2D eigenvalue weighted by Gasteiger charge is -2.11. The van der Waals surface area contributed by atoms with Crippen LogP contribution in [0.1, 0.15) is 42.8 Å². The third-order valence-corrected chi connectivity index (χ3v) is 5.32. The van der Waals surface area contributed by atoms with Crippen LogP contribution in [0.15, 0.2) is 40.8 Å². The summed E-state index contributed by atoms with van der Waals surface area (Å²) in [5, 5.41) is 6.28. The molecule has 0 saturated heterocycles. The van der Waals surface area contributed by atoms with Crippen LogP contribution in [0, 0.1) is 5.92 Å². The quantitative estimate of drug-likeness (QED) is 0.617. The Bertz CT molecular complexity index is 745. The average molecular weight is 394 g/mol. The third-order valence-electron chi connectivity index (χ3n) is 4.62. The lowest BCUT2D eigenvalue weighted by Crippen LogP contribution is -2.20. The SMILES string of the molecule is O=C(Nc1cccc(CNCc2ccc(CSC(F)F)o2)c1)C1CCCC1. The van der Waals surface area contributed by atoms with Crippen LogP contribution in [0.2, 0.25) is 0 Å². The summed E-state index contributed by atoms with van der Waals surface area (Å²) in [6, 6.07) is 11.3. The third kappa shape index (κ3) is 6.36. The normalized spacial score (nSPS) is 14.8. The first-order valence-electron chi connectivity index (χ1n) is 9.18. The van der Waals surface area contributed by atoms with Crippen molar-refractivity contribution in [1.29, 1.82) is 0 Å². The molecule has 1 heterocycles. The van der Waals surface area contributed by atoms with E-state index in [4.69, 9.17) is 4.42 Å². The summed E-state index contributed by atoms with van der Waals surface area (Å²) in [5.41, 5.74) is 1.87. The summed E-state index contributed by atoms with van der Waals surface area (Å²) >= 11 is 0.552. The van der Waals surface area contributed by atoms with E-state index in [-0.39, 0.29) is 17.6 Å². The number of furan rings is 1. The number of carbonyl (C=O) groups excluding carboxylic acids is 1. The molecule has 2 aromatic rings. The molecule has 0 aliphatic heterocycles. The predicted molar refractivity (Wildman–Crippen MR) is 104 cm³/mol. The Labute approximate surface area is 162 Å². The minimum atomic E-state index is -2.39. The number of nitrogens with one attached hydrogen (secondary N) is 2. The number of alkyl halides is 2. The summed E-state index contributed by atoms with van der Waals surface area (Å²) in [7, 11) is 0. The highest BCUT2D eigenvalue weighted by molar-refractivity contribution is 7.98. The average Bonchev–Trinajstić information content (AvgIpc) is 3.32. The maximum atomic E-state index is 12.2. The van der Waals surface area contributed by atoms with Gasteiger partial charge < -0.3 is 15.1 Å². The zero-order valence-electron chi connectivity index (χ0n) is 15.0. The molecule has 1 amide bonds. The van der Waals surface area contributed by atoms with Gasteiger partial charge >= 0.3 is 0 Å². The van der Waals surface area contributed by atoms with Gasteiger partial charge in [0, 0.05) is 18.2 Å². The first kappa shape index (κ1) is 19.9. The number of amides is 1. The van der Waals surface area contributed by atoms with Crippen molar-refractivity contribution in [3.63, 3.8) is 0 Å². The van der Waals surface area contributed by atoms with E-state index in [9.17, 15) is 13.6 Å². The van der Waals surface area contributed by atoms with Crippen molar-refractivity contribution in [3.05, 3.63) is 53.5 Å². The minimum absolute atomic E-state index is 0.113. The molecule has 1 aromatic heterocycles. The van der Waals surface area contributed by atoms with E-state index in [1.165, 1.54) is 0 Å². The molecule has 3 rings (SSSR count). The molecular weight excluding hydrogens is 370 g/mol. The number of anilines is 1. The van der Waals surface area contributed by atoms with E-state index in [1.807, 2.05) is 24.3 Å². The molecule has 2 N–H and O–H groups in total. The largest absolute Gasteiger partial charge is 0.464 e. The zero-order valence-corrected chi connectivity index (χ0v) is 15.9. The number of hydrogen-bond donors (Lipinski definition) is 2. The van der Waals surface area contributed by atoms with E-state index in [1.54, 1.807) is 12.1 Å². The summed E-state index contributed by atoms with van der Waals surface area (Å²) < 4.78 is 29.9.